The molecule has 0 fully saturated rings. The van der Waals surface area contributed by atoms with E-state index < -0.39 is 28.5 Å². The van der Waals surface area contributed by atoms with Crippen molar-refractivity contribution in [1.29, 1.82) is 0 Å². The molecule has 0 aliphatic heterocycles. The molecule has 0 bridgehead atoms. The lowest BCUT2D eigenvalue weighted by Crippen LogP contribution is -2.53. The number of nitrogens with zero attached hydrogens (tertiary/aromatic N) is 2. The molecule has 2 amide bonds. The van der Waals surface area contributed by atoms with Crippen LogP contribution in [0.2, 0.25) is 5.02 Å². The molecule has 0 saturated carbocycles. The zero-order chi connectivity index (χ0) is 29.3. The summed E-state index contributed by atoms with van der Waals surface area (Å²) in [6.45, 7) is 6.08. The van der Waals surface area contributed by atoms with Gasteiger partial charge < -0.3 is 10.2 Å². The minimum atomic E-state index is -3.81. The highest BCUT2D eigenvalue weighted by atomic mass is 35.5. The van der Waals surface area contributed by atoms with Gasteiger partial charge in [-0.25, -0.2) is 8.42 Å². The first-order chi connectivity index (χ1) is 19.0. The molecule has 0 unspecified atom stereocenters. The number of sulfonamides is 1. The number of carbonyl (C=O) groups is 2. The van der Waals surface area contributed by atoms with Gasteiger partial charge in [0, 0.05) is 24.5 Å². The van der Waals surface area contributed by atoms with Gasteiger partial charge in [0.15, 0.2) is 0 Å². The van der Waals surface area contributed by atoms with Gasteiger partial charge in [-0.2, -0.15) is 0 Å². The average molecular weight is 584 g/mol. The number of halogens is 1. The summed E-state index contributed by atoms with van der Waals surface area (Å²) in [6, 6.07) is 22.8. The third-order valence-corrected chi connectivity index (χ3v) is 7.89. The second kappa shape index (κ2) is 14.3. The van der Waals surface area contributed by atoms with Crippen LogP contribution in [0.5, 0.6) is 0 Å². The normalized spacial score (nSPS) is 12.2. The minimum Gasteiger partial charge on any atom is -0.354 e. The van der Waals surface area contributed by atoms with Crippen LogP contribution < -0.4 is 9.62 Å². The topological polar surface area (TPSA) is 86.8 Å². The second-order valence-corrected chi connectivity index (χ2v) is 12.6. The van der Waals surface area contributed by atoms with Crippen LogP contribution in [0.15, 0.2) is 78.9 Å². The van der Waals surface area contributed by atoms with Gasteiger partial charge in [-0.3, -0.25) is 13.9 Å². The van der Waals surface area contributed by atoms with Crippen LogP contribution in [0.4, 0.5) is 5.69 Å². The number of benzene rings is 3. The fourth-order valence-corrected chi connectivity index (χ4v) is 5.38. The molecule has 0 aliphatic carbocycles. The maximum Gasteiger partial charge on any atom is 0.244 e. The van der Waals surface area contributed by atoms with E-state index in [4.69, 9.17) is 11.6 Å². The van der Waals surface area contributed by atoms with E-state index in [1.54, 1.807) is 30.3 Å². The first kappa shape index (κ1) is 31.2. The molecule has 3 aromatic carbocycles. The number of rotatable bonds is 13. The lowest BCUT2D eigenvalue weighted by molar-refractivity contribution is -0.140. The highest BCUT2D eigenvalue weighted by molar-refractivity contribution is 7.92. The molecule has 9 heteroatoms. The summed E-state index contributed by atoms with van der Waals surface area (Å²) >= 11 is 6.24. The summed E-state index contributed by atoms with van der Waals surface area (Å²) in [5.74, 6) is -0.582. The van der Waals surface area contributed by atoms with Crippen molar-refractivity contribution in [2.24, 2.45) is 5.92 Å². The Balaban J connectivity index is 2.03. The van der Waals surface area contributed by atoms with Crippen LogP contribution in [-0.4, -0.2) is 50.5 Å². The van der Waals surface area contributed by atoms with E-state index in [-0.39, 0.29) is 24.8 Å². The molecule has 1 atom stereocenters. The van der Waals surface area contributed by atoms with Gasteiger partial charge >= 0.3 is 0 Å². The number of hydrogen-bond donors (Lipinski definition) is 1. The van der Waals surface area contributed by atoms with Gasteiger partial charge in [0.05, 0.1) is 11.9 Å². The predicted octanol–water partition coefficient (Wildman–Crippen LogP) is 5.08. The van der Waals surface area contributed by atoms with Crippen LogP contribution in [0, 0.1) is 5.92 Å². The lowest BCUT2D eigenvalue weighted by Gasteiger charge is -2.33. The summed E-state index contributed by atoms with van der Waals surface area (Å²) in [7, 11) is -3.81. The fraction of sp³-hybridized carbons (Fsp3) is 0.355. The summed E-state index contributed by atoms with van der Waals surface area (Å²) in [5, 5.41) is 3.47. The van der Waals surface area contributed by atoms with E-state index >= 15 is 0 Å². The van der Waals surface area contributed by atoms with Crippen molar-refractivity contribution in [1.82, 2.24) is 10.2 Å². The predicted molar refractivity (Wildman–Crippen MR) is 162 cm³/mol. The Labute approximate surface area is 243 Å². The van der Waals surface area contributed by atoms with Crippen LogP contribution in [0.1, 0.15) is 37.5 Å². The molecule has 214 valence electrons. The van der Waals surface area contributed by atoms with Crippen molar-refractivity contribution in [3.05, 3.63) is 101 Å². The van der Waals surface area contributed by atoms with E-state index in [2.05, 4.69) is 5.32 Å². The van der Waals surface area contributed by atoms with E-state index in [1.165, 1.54) is 4.90 Å². The third-order valence-electron chi connectivity index (χ3n) is 6.51. The monoisotopic (exact) mass is 583 g/mol. The largest absolute Gasteiger partial charge is 0.354 e. The molecule has 3 aromatic rings. The molecule has 7 nitrogen and oxygen atoms in total. The third kappa shape index (κ3) is 9.10. The zero-order valence-corrected chi connectivity index (χ0v) is 25.1. The van der Waals surface area contributed by atoms with E-state index in [0.29, 0.717) is 17.3 Å². The van der Waals surface area contributed by atoms with Crippen LogP contribution in [-0.2, 0) is 39.0 Å². The maximum atomic E-state index is 14.1. The van der Waals surface area contributed by atoms with Gasteiger partial charge in [-0.1, -0.05) is 87.0 Å². The Morgan fingerprint density at radius 1 is 0.900 bits per heavy atom. The highest BCUT2D eigenvalue weighted by Crippen LogP contribution is 2.22. The molecule has 0 aromatic heterocycles. The Morgan fingerprint density at radius 3 is 2.12 bits per heavy atom. The number of anilines is 1. The molecule has 3 rings (SSSR count). The van der Waals surface area contributed by atoms with Crippen molar-refractivity contribution in [2.45, 2.75) is 46.2 Å². The van der Waals surface area contributed by atoms with Gasteiger partial charge in [0.25, 0.3) is 0 Å². The second-order valence-electron chi connectivity index (χ2n) is 10.3. The molecule has 0 spiro atoms. The molecule has 0 aliphatic rings. The highest BCUT2D eigenvalue weighted by Gasteiger charge is 2.33. The maximum absolute atomic E-state index is 14.1. The molecule has 40 heavy (non-hydrogen) atoms. The van der Waals surface area contributed by atoms with Gasteiger partial charge in [-0.05, 0) is 53.3 Å². The fourth-order valence-electron chi connectivity index (χ4n) is 4.32. The van der Waals surface area contributed by atoms with E-state index in [1.807, 2.05) is 69.3 Å². The first-order valence-corrected chi connectivity index (χ1v) is 15.6. The van der Waals surface area contributed by atoms with Crippen molar-refractivity contribution < 1.29 is 18.0 Å². The Morgan fingerprint density at radius 2 is 1.55 bits per heavy atom. The summed E-state index contributed by atoms with van der Waals surface area (Å²) in [4.78, 5) is 29.1. The number of amides is 2. The Bertz CT molecular complexity index is 1380. The van der Waals surface area contributed by atoms with Crippen LogP contribution >= 0.6 is 11.6 Å². The molecule has 0 heterocycles. The molecular weight excluding hydrogens is 546 g/mol. The minimum absolute atomic E-state index is 0.0817. The van der Waals surface area contributed by atoms with Crippen molar-refractivity contribution in [2.75, 3.05) is 23.7 Å². The van der Waals surface area contributed by atoms with Crippen LogP contribution in [0.3, 0.4) is 0 Å². The van der Waals surface area contributed by atoms with Gasteiger partial charge in [0.2, 0.25) is 21.8 Å². The standard InChI is InChI=1S/C31H38ClN3O4S/c1-5-24-14-16-28(17-15-24)35(40(4,38)39)22-30(36)34(21-26-12-9-13-27(32)18-26)29(31(37)33-20-23(2)3)19-25-10-7-6-8-11-25/h6-18,23,29H,5,19-22H2,1-4H3,(H,33,37)/t29-/m1/s1. The number of nitrogens with one attached hydrogen (secondary N) is 1. The SMILES string of the molecule is CCc1ccc(N(CC(=O)N(Cc2cccc(Cl)c2)[C@H](Cc2ccccc2)C(=O)NCC(C)C)S(C)(=O)=O)cc1. The molecule has 1 N–H and O–H groups in total. The number of aryl methyl sites for hydroxylation is 1. The zero-order valence-electron chi connectivity index (χ0n) is 23.5. The molecule has 0 radical (unpaired) electrons. The van der Waals surface area contributed by atoms with E-state index in [9.17, 15) is 18.0 Å². The summed E-state index contributed by atoms with van der Waals surface area (Å²) < 4.78 is 26.8. The quantitative estimate of drug-likeness (QED) is 0.304. The Kier molecular flexibility index (Phi) is 11.2. The van der Waals surface area contributed by atoms with Gasteiger partial charge in [-0.15, -0.1) is 0 Å². The molecular formula is C31H38ClN3O4S. The van der Waals surface area contributed by atoms with Gasteiger partial charge in [0.1, 0.15) is 12.6 Å². The average Bonchev–Trinajstić information content (AvgIpc) is 2.92. The van der Waals surface area contributed by atoms with Crippen LogP contribution in [0.25, 0.3) is 0 Å². The lowest BCUT2D eigenvalue weighted by atomic mass is 10.0. The smallest absolute Gasteiger partial charge is 0.244 e. The first-order valence-electron chi connectivity index (χ1n) is 13.4. The number of hydrogen-bond acceptors (Lipinski definition) is 4. The summed E-state index contributed by atoms with van der Waals surface area (Å²) in [5.41, 5.74) is 3.05. The molecule has 0 saturated heterocycles. The van der Waals surface area contributed by atoms with Crippen molar-refractivity contribution in [3.63, 3.8) is 0 Å². The van der Waals surface area contributed by atoms with Crippen molar-refractivity contribution >= 4 is 39.1 Å². The summed E-state index contributed by atoms with van der Waals surface area (Å²) in [6.07, 6.45) is 2.14. The van der Waals surface area contributed by atoms with E-state index in [0.717, 1.165) is 33.7 Å². The Hall–Kier alpha value is -3.36. The van der Waals surface area contributed by atoms with Crippen molar-refractivity contribution in [3.8, 4) is 0 Å². The number of carbonyl (C=O) groups excluding carboxylic acids is 2.